The van der Waals surface area contributed by atoms with Crippen LogP contribution in [0.5, 0.6) is 0 Å². The molecule has 0 unspecified atom stereocenters. The number of rotatable bonds is 0. The molecule has 5 rings (SSSR count). The fourth-order valence-electron chi connectivity index (χ4n) is 3.75. The summed E-state index contributed by atoms with van der Waals surface area (Å²) < 4.78 is 0. The van der Waals surface area contributed by atoms with E-state index in [0.717, 1.165) is 0 Å². The molecule has 14 heteroatoms. The predicted molar refractivity (Wildman–Crippen MR) is 114 cm³/mol. The minimum Gasteiger partial charge on any atom is -0.285 e. The lowest BCUT2D eigenvalue weighted by atomic mass is 10.0. The standard InChI is InChI=1S/C20N2O12/c23-9-1-3(13(27)19(33)17(9)31)11(25)15(29)7-5(1)21-8-6(22-7)2-4(12(26)16(8)30)14(28)20(34)18(32)10(2)24. The van der Waals surface area contributed by atoms with Crippen molar-refractivity contribution in [2.75, 3.05) is 0 Å². The van der Waals surface area contributed by atoms with E-state index in [4.69, 9.17) is 0 Å². The molecule has 0 radical (unpaired) electrons. The Kier molecular flexibility index (Phi) is 3.68. The molecule has 0 N–H and O–H groups in total. The maximum absolute atomic E-state index is 12.6. The zero-order valence-corrected chi connectivity index (χ0v) is 15.8. The highest BCUT2D eigenvalue weighted by Gasteiger charge is 2.26. The Balaban J connectivity index is 2.33. The van der Waals surface area contributed by atoms with Gasteiger partial charge >= 0.3 is 0 Å². The van der Waals surface area contributed by atoms with Gasteiger partial charge in [-0.25, -0.2) is 9.97 Å². The fraction of sp³-hybridized carbons (Fsp3) is 0. The van der Waals surface area contributed by atoms with Gasteiger partial charge in [-0.3, -0.25) is 57.5 Å². The lowest BCUT2D eigenvalue weighted by molar-refractivity contribution is 1.32. The predicted octanol–water partition coefficient (Wildman–Crippen LogP) is -5.96. The highest BCUT2D eigenvalue weighted by atomic mass is 16.2. The van der Waals surface area contributed by atoms with Gasteiger partial charge in [0.15, 0.2) is 0 Å². The number of benzene rings is 4. The lowest BCUT2D eigenvalue weighted by Gasteiger charge is -2.03. The van der Waals surface area contributed by atoms with Crippen molar-refractivity contribution in [2.24, 2.45) is 0 Å². The van der Waals surface area contributed by atoms with Gasteiger partial charge in [-0.15, -0.1) is 0 Å². The van der Waals surface area contributed by atoms with Crippen molar-refractivity contribution in [2.45, 2.75) is 0 Å². The van der Waals surface area contributed by atoms with Crippen LogP contribution in [0.1, 0.15) is 0 Å². The van der Waals surface area contributed by atoms with Crippen molar-refractivity contribution in [3.63, 3.8) is 0 Å². The Labute approximate surface area is 177 Å². The topological polar surface area (TPSA) is 231 Å². The summed E-state index contributed by atoms with van der Waals surface area (Å²) in [6.07, 6.45) is 0. The molecule has 162 valence electrons. The highest BCUT2D eigenvalue weighted by Crippen LogP contribution is 2.17. The molecule has 0 saturated heterocycles. The maximum atomic E-state index is 12.6. The molecule has 1 heterocycles. The largest absolute Gasteiger partial charge is 0.285 e. The number of nitrogens with zero attached hydrogens (tertiary/aromatic N) is 2. The van der Waals surface area contributed by atoms with Crippen molar-refractivity contribution in [3.8, 4) is 0 Å². The van der Waals surface area contributed by atoms with Crippen LogP contribution in [0.2, 0.25) is 0 Å². The van der Waals surface area contributed by atoms with Gasteiger partial charge in [-0.1, -0.05) is 0 Å². The Morgan fingerprint density at radius 2 is 0.471 bits per heavy atom. The van der Waals surface area contributed by atoms with E-state index < -0.39 is 109 Å². The van der Waals surface area contributed by atoms with Gasteiger partial charge in [-0.2, -0.15) is 0 Å². The summed E-state index contributed by atoms with van der Waals surface area (Å²) in [7, 11) is 0. The van der Waals surface area contributed by atoms with E-state index in [9.17, 15) is 57.5 Å². The van der Waals surface area contributed by atoms with E-state index in [1.54, 1.807) is 0 Å². The summed E-state index contributed by atoms with van der Waals surface area (Å²) >= 11 is 0. The molecular weight excluding hydrogens is 460 g/mol. The van der Waals surface area contributed by atoms with Gasteiger partial charge in [0.25, 0.3) is 32.6 Å². The Morgan fingerprint density at radius 3 is 0.765 bits per heavy atom. The molecular formula is C20N2O12. The molecule has 0 saturated carbocycles. The second kappa shape index (κ2) is 6.10. The molecule has 0 amide bonds. The average Bonchev–Trinajstić information content (AvgIpc) is 2.82. The molecule has 0 aliphatic rings. The van der Waals surface area contributed by atoms with Crippen LogP contribution in [0.4, 0.5) is 0 Å². The van der Waals surface area contributed by atoms with Gasteiger partial charge in [0.2, 0.25) is 32.6 Å². The van der Waals surface area contributed by atoms with Crippen LogP contribution in [-0.2, 0) is 0 Å². The van der Waals surface area contributed by atoms with E-state index in [2.05, 4.69) is 9.97 Å². The first-order chi connectivity index (χ1) is 15.9. The summed E-state index contributed by atoms with van der Waals surface area (Å²) in [6, 6.07) is 0. The summed E-state index contributed by atoms with van der Waals surface area (Å²) in [5, 5.41) is -4.77. The molecule has 0 aliphatic carbocycles. The second-order valence-corrected chi connectivity index (χ2v) is 7.07. The third kappa shape index (κ3) is 2.12. The summed E-state index contributed by atoms with van der Waals surface area (Å²) in [4.78, 5) is 153. The molecule has 4 aromatic carbocycles. The van der Waals surface area contributed by atoms with Crippen LogP contribution in [0, 0.1) is 0 Å². The lowest BCUT2D eigenvalue weighted by Crippen LogP contribution is -2.50. The smallest absolute Gasteiger partial charge is 0.277 e. The molecule has 0 atom stereocenters. The number of fused-ring (bicyclic) bond motifs is 6. The maximum Gasteiger partial charge on any atom is 0.277 e. The SMILES string of the molecule is O=c1c(=O)c(=O)c2c(c1=O)c(=O)c(=O)c1nc3c(nc12)c(=O)c(=O)c1c(=O)c(=O)c(=O)c(=O)c13. The van der Waals surface area contributed by atoms with Crippen LogP contribution < -0.4 is 65.1 Å². The zero-order valence-electron chi connectivity index (χ0n) is 15.8. The number of hydrogen-bond donors (Lipinski definition) is 0. The van der Waals surface area contributed by atoms with Crippen molar-refractivity contribution in [1.29, 1.82) is 0 Å². The van der Waals surface area contributed by atoms with Crippen LogP contribution in [0.25, 0.3) is 43.6 Å². The highest BCUT2D eigenvalue weighted by molar-refractivity contribution is 6.10. The molecule has 0 fully saturated rings. The number of hydrogen-bond acceptors (Lipinski definition) is 14. The van der Waals surface area contributed by atoms with Gasteiger partial charge in [0, 0.05) is 0 Å². The van der Waals surface area contributed by atoms with Crippen molar-refractivity contribution < 1.29 is 0 Å². The summed E-state index contributed by atoms with van der Waals surface area (Å²) in [5.41, 5.74) is -25.3. The van der Waals surface area contributed by atoms with Crippen LogP contribution in [-0.4, -0.2) is 9.97 Å². The van der Waals surface area contributed by atoms with Gasteiger partial charge in [0.1, 0.15) is 22.1 Å². The van der Waals surface area contributed by atoms with Gasteiger partial charge in [0.05, 0.1) is 21.5 Å². The van der Waals surface area contributed by atoms with E-state index in [1.165, 1.54) is 0 Å². The molecule has 14 nitrogen and oxygen atoms in total. The molecule has 0 aliphatic heterocycles. The summed E-state index contributed by atoms with van der Waals surface area (Å²) in [6.45, 7) is 0. The molecule has 1 aromatic heterocycles. The van der Waals surface area contributed by atoms with Crippen molar-refractivity contribution >= 4 is 43.6 Å². The van der Waals surface area contributed by atoms with Crippen LogP contribution >= 0.6 is 0 Å². The Hall–Kier alpha value is -5.40. The first-order valence-electron chi connectivity index (χ1n) is 8.84. The first kappa shape index (κ1) is 20.5. The first-order valence-corrected chi connectivity index (χ1v) is 8.84. The third-order valence-corrected chi connectivity index (χ3v) is 5.31. The molecule has 34 heavy (non-hydrogen) atoms. The third-order valence-electron chi connectivity index (χ3n) is 5.31. The Bertz CT molecular complexity index is 2350. The minimum atomic E-state index is -1.88. The number of aromatic nitrogens is 2. The average molecular weight is 460 g/mol. The molecule has 0 bridgehead atoms. The summed E-state index contributed by atoms with van der Waals surface area (Å²) in [5.74, 6) is 0. The van der Waals surface area contributed by atoms with Crippen LogP contribution in [0.3, 0.4) is 0 Å². The van der Waals surface area contributed by atoms with Crippen molar-refractivity contribution in [3.05, 3.63) is 123 Å². The quantitative estimate of drug-likeness (QED) is 0.119. The van der Waals surface area contributed by atoms with Gasteiger partial charge in [-0.05, 0) is 0 Å². The van der Waals surface area contributed by atoms with Crippen LogP contribution in [0.15, 0.2) is 57.5 Å². The van der Waals surface area contributed by atoms with Crippen molar-refractivity contribution in [1.82, 2.24) is 9.97 Å². The zero-order chi connectivity index (χ0) is 25.0. The Morgan fingerprint density at radius 1 is 0.235 bits per heavy atom. The molecule has 0 spiro atoms. The normalized spacial score (nSPS) is 11.8. The molecule has 5 aromatic rings. The van der Waals surface area contributed by atoms with E-state index in [-0.39, 0.29) is 0 Å². The fourth-order valence-corrected chi connectivity index (χ4v) is 3.75. The van der Waals surface area contributed by atoms with E-state index in [0.29, 0.717) is 0 Å². The second-order valence-electron chi connectivity index (χ2n) is 7.07. The minimum absolute atomic E-state index is 0.972. The monoisotopic (exact) mass is 460 g/mol. The van der Waals surface area contributed by atoms with E-state index >= 15 is 0 Å². The van der Waals surface area contributed by atoms with Gasteiger partial charge < -0.3 is 0 Å². The van der Waals surface area contributed by atoms with E-state index in [1.807, 2.05) is 0 Å².